The number of hydrogen-bond donors (Lipinski definition) is 2. The highest BCUT2D eigenvalue weighted by Gasteiger charge is 2.20. The summed E-state index contributed by atoms with van der Waals surface area (Å²) in [6.07, 6.45) is 0.871. The third-order valence-electron chi connectivity index (χ3n) is 4.82. The van der Waals surface area contributed by atoms with Crippen LogP contribution in [-0.4, -0.2) is 21.4 Å². The lowest BCUT2D eigenvalue weighted by Crippen LogP contribution is -2.20. The minimum absolute atomic E-state index is 0.0209. The molecule has 3 aromatic carbocycles. The molecular weight excluding hydrogens is 396 g/mol. The van der Waals surface area contributed by atoms with Crippen molar-refractivity contribution in [2.75, 3.05) is 12.4 Å². The van der Waals surface area contributed by atoms with E-state index in [1.807, 2.05) is 30.3 Å². The first-order chi connectivity index (χ1) is 13.4. The Balaban J connectivity index is 1.65. The monoisotopic (exact) mass is 412 g/mol. The number of fused-ring (bicyclic) bond motifs is 3. The second-order valence-electron chi connectivity index (χ2n) is 6.51. The SMILES string of the molecule is CNS(=O)(=O)c1ccc(Cl)c(C(=O)Nc2ccc3c(c2)-c2ccccc2C3)c1. The Kier molecular flexibility index (Phi) is 4.71. The normalized spacial score (nSPS) is 12.4. The fourth-order valence-corrected chi connectivity index (χ4v) is 4.32. The number of carbonyl (C=O) groups is 1. The molecule has 7 heteroatoms. The molecule has 1 amide bonds. The molecule has 1 aliphatic rings. The molecule has 0 unspecified atom stereocenters. The standard InChI is InChI=1S/C21H17ClN2O3S/c1-23-28(26,27)16-8-9-20(22)19(12-16)21(25)24-15-7-6-14-10-13-4-2-3-5-17(13)18(14)11-15/h2-9,11-12,23H,10H2,1H3,(H,24,25). The van der Waals surface area contributed by atoms with Gasteiger partial charge in [-0.2, -0.15) is 0 Å². The summed E-state index contributed by atoms with van der Waals surface area (Å²) in [6.45, 7) is 0. The molecule has 4 rings (SSSR count). The summed E-state index contributed by atoms with van der Waals surface area (Å²) in [4.78, 5) is 12.7. The molecule has 0 radical (unpaired) electrons. The number of halogens is 1. The number of sulfonamides is 1. The maximum absolute atomic E-state index is 12.7. The quantitative estimate of drug-likeness (QED) is 0.530. The molecule has 0 bridgehead atoms. The lowest BCUT2D eigenvalue weighted by atomic mass is 10.1. The van der Waals surface area contributed by atoms with Gasteiger partial charge in [-0.05, 0) is 66.1 Å². The second-order valence-corrected chi connectivity index (χ2v) is 8.80. The molecule has 0 aliphatic heterocycles. The van der Waals surface area contributed by atoms with Crippen molar-refractivity contribution in [3.05, 3.63) is 82.4 Å². The van der Waals surface area contributed by atoms with Gasteiger partial charge in [0, 0.05) is 5.69 Å². The van der Waals surface area contributed by atoms with E-state index in [9.17, 15) is 13.2 Å². The van der Waals surface area contributed by atoms with Crippen LogP contribution in [0.5, 0.6) is 0 Å². The third-order valence-corrected chi connectivity index (χ3v) is 6.56. The first kappa shape index (κ1) is 18.7. The van der Waals surface area contributed by atoms with Gasteiger partial charge < -0.3 is 5.32 Å². The van der Waals surface area contributed by atoms with Crippen molar-refractivity contribution in [2.45, 2.75) is 11.3 Å². The number of nitrogens with one attached hydrogen (secondary N) is 2. The molecule has 0 aromatic heterocycles. The predicted molar refractivity (Wildman–Crippen MR) is 110 cm³/mol. The Morgan fingerprint density at radius 2 is 1.71 bits per heavy atom. The van der Waals surface area contributed by atoms with Gasteiger partial charge in [0.15, 0.2) is 0 Å². The van der Waals surface area contributed by atoms with Crippen LogP contribution in [0.25, 0.3) is 11.1 Å². The molecule has 0 fully saturated rings. The van der Waals surface area contributed by atoms with Crippen LogP contribution in [0.3, 0.4) is 0 Å². The third kappa shape index (κ3) is 3.30. The topological polar surface area (TPSA) is 75.3 Å². The van der Waals surface area contributed by atoms with Crippen LogP contribution in [0, 0.1) is 0 Å². The largest absolute Gasteiger partial charge is 0.322 e. The zero-order chi connectivity index (χ0) is 19.9. The van der Waals surface area contributed by atoms with Crippen LogP contribution in [0.4, 0.5) is 5.69 Å². The first-order valence-electron chi connectivity index (χ1n) is 8.65. The highest BCUT2D eigenvalue weighted by Crippen LogP contribution is 2.38. The van der Waals surface area contributed by atoms with E-state index >= 15 is 0 Å². The molecule has 0 heterocycles. The van der Waals surface area contributed by atoms with Crippen LogP contribution in [0.15, 0.2) is 65.6 Å². The fraction of sp³-hybridized carbons (Fsp3) is 0.0952. The minimum atomic E-state index is -3.67. The molecular formula is C21H17ClN2O3S. The summed E-state index contributed by atoms with van der Waals surface area (Å²) >= 11 is 6.14. The number of amides is 1. The maximum Gasteiger partial charge on any atom is 0.257 e. The Morgan fingerprint density at radius 3 is 2.50 bits per heavy atom. The lowest BCUT2D eigenvalue weighted by Gasteiger charge is -2.10. The van der Waals surface area contributed by atoms with Crippen LogP contribution in [0.1, 0.15) is 21.5 Å². The molecule has 2 N–H and O–H groups in total. The Labute approximate surface area is 168 Å². The van der Waals surface area contributed by atoms with E-state index in [1.165, 1.54) is 36.4 Å². The summed E-state index contributed by atoms with van der Waals surface area (Å²) in [6, 6.07) is 18.0. The number of anilines is 1. The molecule has 0 saturated carbocycles. The molecule has 0 spiro atoms. The summed E-state index contributed by atoms with van der Waals surface area (Å²) in [5.74, 6) is -0.468. The van der Waals surface area contributed by atoms with E-state index in [1.54, 1.807) is 0 Å². The van der Waals surface area contributed by atoms with Gasteiger partial charge in [0.25, 0.3) is 5.91 Å². The number of carbonyl (C=O) groups excluding carboxylic acids is 1. The highest BCUT2D eigenvalue weighted by molar-refractivity contribution is 7.89. The van der Waals surface area contributed by atoms with E-state index in [0.29, 0.717) is 5.69 Å². The predicted octanol–water partition coefficient (Wildman–Crippen LogP) is 4.07. The highest BCUT2D eigenvalue weighted by atomic mass is 35.5. The van der Waals surface area contributed by atoms with Gasteiger partial charge in [-0.3, -0.25) is 4.79 Å². The molecule has 0 atom stereocenters. The van der Waals surface area contributed by atoms with Crippen molar-refractivity contribution in [1.82, 2.24) is 4.72 Å². The van der Waals surface area contributed by atoms with Gasteiger partial charge in [0.1, 0.15) is 0 Å². The van der Waals surface area contributed by atoms with Crippen LogP contribution < -0.4 is 10.0 Å². The van der Waals surface area contributed by atoms with Gasteiger partial charge in [-0.25, -0.2) is 13.1 Å². The van der Waals surface area contributed by atoms with Gasteiger partial charge in [-0.1, -0.05) is 41.9 Å². The van der Waals surface area contributed by atoms with Gasteiger partial charge in [0.05, 0.1) is 15.5 Å². The molecule has 0 saturated heterocycles. The molecule has 28 heavy (non-hydrogen) atoms. The van der Waals surface area contributed by atoms with Crippen molar-refractivity contribution in [3.63, 3.8) is 0 Å². The molecule has 5 nitrogen and oxygen atoms in total. The second kappa shape index (κ2) is 7.05. The fourth-order valence-electron chi connectivity index (χ4n) is 3.36. The van der Waals surface area contributed by atoms with Crippen LogP contribution in [0.2, 0.25) is 5.02 Å². The van der Waals surface area contributed by atoms with Crippen LogP contribution >= 0.6 is 11.6 Å². The van der Waals surface area contributed by atoms with E-state index in [-0.39, 0.29) is 15.5 Å². The number of hydrogen-bond acceptors (Lipinski definition) is 3. The van der Waals surface area contributed by atoms with E-state index in [4.69, 9.17) is 11.6 Å². The Bertz CT molecular complexity index is 1210. The maximum atomic E-state index is 12.7. The van der Waals surface area contributed by atoms with Crippen molar-refractivity contribution in [3.8, 4) is 11.1 Å². The molecule has 3 aromatic rings. The van der Waals surface area contributed by atoms with E-state index < -0.39 is 15.9 Å². The summed E-state index contributed by atoms with van der Waals surface area (Å²) in [5, 5.41) is 3.00. The smallest absolute Gasteiger partial charge is 0.257 e. The lowest BCUT2D eigenvalue weighted by molar-refractivity contribution is 0.102. The Morgan fingerprint density at radius 1 is 0.964 bits per heavy atom. The van der Waals surface area contributed by atoms with E-state index in [0.717, 1.165) is 17.5 Å². The average molecular weight is 413 g/mol. The zero-order valence-corrected chi connectivity index (χ0v) is 16.6. The average Bonchev–Trinajstić information content (AvgIpc) is 3.06. The van der Waals surface area contributed by atoms with Crippen molar-refractivity contribution in [1.29, 1.82) is 0 Å². The summed E-state index contributed by atoms with van der Waals surface area (Å²) in [5.41, 5.74) is 5.44. The van der Waals surface area contributed by atoms with Gasteiger partial charge in [0.2, 0.25) is 10.0 Å². The minimum Gasteiger partial charge on any atom is -0.322 e. The van der Waals surface area contributed by atoms with Crippen molar-refractivity contribution < 1.29 is 13.2 Å². The van der Waals surface area contributed by atoms with Crippen LogP contribution in [-0.2, 0) is 16.4 Å². The van der Waals surface area contributed by atoms with Crippen molar-refractivity contribution >= 4 is 33.2 Å². The van der Waals surface area contributed by atoms with E-state index in [2.05, 4.69) is 22.2 Å². The molecule has 142 valence electrons. The summed E-state index contributed by atoms with van der Waals surface area (Å²) < 4.78 is 26.2. The number of benzene rings is 3. The first-order valence-corrected chi connectivity index (χ1v) is 10.5. The zero-order valence-electron chi connectivity index (χ0n) is 15.0. The summed E-state index contributed by atoms with van der Waals surface area (Å²) in [7, 11) is -2.36. The number of rotatable bonds is 4. The van der Waals surface area contributed by atoms with Gasteiger partial charge in [-0.15, -0.1) is 0 Å². The molecule has 1 aliphatic carbocycles. The van der Waals surface area contributed by atoms with Crippen molar-refractivity contribution in [2.24, 2.45) is 0 Å². The van der Waals surface area contributed by atoms with Gasteiger partial charge >= 0.3 is 0 Å². The Hall–Kier alpha value is -2.67.